The van der Waals surface area contributed by atoms with E-state index in [1.165, 1.54) is 0 Å². The van der Waals surface area contributed by atoms with Gasteiger partial charge in [0.15, 0.2) is 5.56 Å². The smallest absolute Gasteiger partial charge is 0.353 e. The monoisotopic (exact) mass is 437 g/mol. The van der Waals surface area contributed by atoms with Gasteiger partial charge in [-0.1, -0.05) is 31.9 Å². The molecule has 23 heavy (non-hydrogen) atoms. The second kappa shape index (κ2) is 6.17. The predicted molar refractivity (Wildman–Crippen MR) is 93.9 cm³/mol. The lowest BCUT2D eigenvalue weighted by Gasteiger charge is -2.08. The quantitative estimate of drug-likeness (QED) is 0.585. The van der Waals surface area contributed by atoms with Crippen LogP contribution in [0, 0.1) is 0 Å². The molecule has 0 unspecified atom stereocenters. The molecule has 0 aliphatic rings. The summed E-state index contributed by atoms with van der Waals surface area (Å²) in [5.41, 5.74) is -0.638. The summed E-state index contributed by atoms with van der Waals surface area (Å²) in [7, 11) is 0. The highest BCUT2D eigenvalue weighted by molar-refractivity contribution is 9.10. The van der Waals surface area contributed by atoms with Crippen LogP contribution in [0.25, 0.3) is 11.0 Å². The Kier molecular flexibility index (Phi) is 4.23. The normalized spacial score (nSPS) is 10.7. The molecular formula is C16H9Br2NO4. The zero-order chi connectivity index (χ0) is 16.6. The molecule has 0 aliphatic heterocycles. The van der Waals surface area contributed by atoms with E-state index in [2.05, 4.69) is 37.2 Å². The van der Waals surface area contributed by atoms with Crippen molar-refractivity contribution in [3.05, 3.63) is 67.4 Å². The number of carbonyl (C=O) groups excluding carboxylic acids is 1. The number of anilines is 1. The van der Waals surface area contributed by atoms with Crippen molar-refractivity contribution in [3.63, 3.8) is 0 Å². The van der Waals surface area contributed by atoms with Gasteiger partial charge in [-0.3, -0.25) is 4.79 Å². The highest BCUT2D eigenvalue weighted by Crippen LogP contribution is 2.29. The van der Waals surface area contributed by atoms with Gasteiger partial charge in [-0.15, -0.1) is 0 Å². The molecule has 0 spiro atoms. The second-order valence-electron chi connectivity index (χ2n) is 4.71. The number of rotatable bonds is 2. The first-order chi connectivity index (χ1) is 11.0. The number of hydrogen-bond acceptors (Lipinski definition) is 4. The van der Waals surface area contributed by atoms with Crippen molar-refractivity contribution in [2.45, 2.75) is 0 Å². The van der Waals surface area contributed by atoms with E-state index < -0.39 is 22.8 Å². The summed E-state index contributed by atoms with van der Waals surface area (Å²) >= 11 is 6.54. The van der Waals surface area contributed by atoms with Gasteiger partial charge in [-0.05, 0) is 42.5 Å². The first kappa shape index (κ1) is 15.8. The Morgan fingerprint density at radius 2 is 1.70 bits per heavy atom. The van der Waals surface area contributed by atoms with Gasteiger partial charge in [0.1, 0.15) is 11.3 Å². The van der Waals surface area contributed by atoms with Crippen LogP contribution < -0.4 is 10.9 Å². The van der Waals surface area contributed by atoms with E-state index in [0.717, 1.165) is 4.47 Å². The number of hydrogen-bond donors (Lipinski definition) is 2. The lowest BCUT2D eigenvalue weighted by Crippen LogP contribution is -2.21. The highest BCUT2D eigenvalue weighted by Gasteiger charge is 2.21. The van der Waals surface area contributed by atoms with E-state index >= 15 is 0 Å². The Hall–Kier alpha value is -2.12. The van der Waals surface area contributed by atoms with Gasteiger partial charge >= 0.3 is 5.63 Å². The standard InChI is InChI=1S/C16H9Br2NO4/c17-8-1-4-10(5-2-8)19-15(21)13-14(20)11-6-3-9(18)7-12(11)23-16(13)22/h1-7,20H,(H,19,21). The summed E-state index contributed by atoms with van der Waals surface area (Å²) in [6.07, 6.45) is 0. The van der Waals surface area contributed by atoms with Crippen LogP contribution in [0.1, 0.15) is 10.4 Å². The molecule has 2 aromatic carbocycles. The lowest BCUT2D eigenvalue weighted by molar-refractivity contribution is 0.102. The molecule has 0 saturated heterocycles. The van der Waals surface area contributed by atoms with Crippen molar-refractivity contribution in [3.8, 4) is 5.75 Å². The number of fused-ring (bicyclic) bond motifs is 1. The van der Waals surface area contributed by atoms with Crippen molar-refractivity contribution < 1.29 is 14.3 Å². The van der Waals surface area contributed by atoms with Crippen molar-refractivity contribution >= 4 is 54.4 Å². The minimum absolute atomic E-state index is 0.196. The van der Waals surface area contributed by atoms with E-state index in [0.29, 0.717) is 10.2 Å². The molecular weight excluding hydrogens is 430 g/mol. The van der Waals surface area contributed by atoms with E-state index in [1.54, 1.807) is 42.5 Å². The molecule has 0 bridgehead atoms. The van der Waals surface area contributed by atoms with E-state index in [-0.39, 0.29) is 11.0 Å². The van der Waals surface area contributed by atoms with Gasteiger partial charge in [-0.25, -0.2) is 4.79 Å². The number of benzene rings is 2. The van der Waals surface area contributed by atoms with Crippen LogP contribution in [0.2, 0.25) is 0 Å². The molecule has 1 heterocycles. The number of nitrogens with one attached hydrogen (secondary N) is 1. The SMILES string of the molecule is O=C(Nc1ccc(Br)cc1)c1c(O)c2ccc(Br)cc2oc1=O. The van der Waals surface area contributed by atoms with Gasteiger partial charge in [0, 0.05) is 14.6 Å². The third-order valence-electron chi connectivity index (χ3n) is 3.17. The fourth-order valence-electron chi connectivity index (χ4n) is 2.09. The Morgan fingerprint density at radius 3 is 2.39 bits per heavy atom. The molecule has 0 saturated carbocycles. The Morgan fingerprint density at radius 1 is 1.04 bits per heavy atom. The minimum Gasteiger partial charge on any atom is -0.506 e. The average molecular weight is 439 g/mol. The molecule has 2 N–H and O–H groups in total. The van der Waals surface area contributed by atoms with E-state index in [4.69, 9.17) is 4.42 Å². The number of halogens is 2. The molecule has 3 rings (SSSR count). The van der Waals surface area contributed by atoms with Crippen LogP contribution in [-0.2, 0) is 0 Å². The Bertz CT molecular complexity index is 964. The molecule has 0 fully saturated rings. The summed E-state index contributed by atoms with van der Waals surface area (Å²) in [4.78, 5) is 24.3. The molecule has 116 valence electrons. The fourth-order valence-corrected chi connectivity index (χ4v) is 2.69. The van der Waals surface area contributed by atoms with Crippen LogP contribution in [0.4, 0.5) is 5.69 Å². The van der Waals surface area contributed by atoms with Crippen LogP contribution in [0.5, 0.6) is 5.75 Å². The lowest BCUT2D eigenvalue weighted by atomic mass is 10.1. The van der Waals surface area contributed by atoms with E-state index in [9.17, 15) is 14.7 Å². The molecule has 0 radical (unpaired) electrons. The molecule has 1 amide bonds. The van der Waals surface area contributed by atoms with Crippen molar-refractivity contribution in [1.29, 1.82) is 0 Å². The molecule has 3 aromatic rings. The molecule has 0 atom stereocenters. The minimum atomic E-state index is -0.900. The van der Waals surface area contributed by atoms with Gasteiger partial charge in [-0.2, -0.15) is 0 Å². The summed E-state index contributed by atoms with van der Waals surface area (Å²) in [6, 6.07) is 11.6. The second-order valence-corrected chi connectivity index (χ2v) is 6.55. The van der Waals surface area contributed by atoms with E-state index in [1.807, 2.05) is 0 Å². The first-order valence-electron chi connectivity index (χ1n) is 6.48. The largest absolute Gasteiger partial charge is 0.506 e. The van der Waals surface area contributed by atoms with Crippen molar-refractivity contribution in [1.82, 2.24) is 0 Å². The van der Waals surface area contributed by atoms with Gasteiger partial charge in [0.05, 0.1) is 5.39 Å². The molecule has 5 nitrogen and oxygen atoms in total. The molecule has 0 aliphatic carbocycles. The first-order valence-corrected chi connectivity index (χ1v) is 8.06. The van der Waals surface area contributed by atoms with Crippen LogP contribution in [0.15, 0.2) is 60.6 Å². The number of carbonyl (C=O) groups is 1. The summed E-state index contributed by atoms with van der Waals surface area (Å²) < 4.78 is 6.67. The van der Waals surface area contributed by atoms with Gasteiger partial charge < -0.3 is 14.8 Å². The third kappa shape index (κ3) is 3.16. The topological polar surface area (TPSA) is 79.5 Å². The maximum Gasteiger partial charge on any atom is 0.353 e. The summed E-state index contributed by atoms with van der Waals surface area (Å²) in [6.45, 7) is 0. The Labute approximate surface area is 147 Å². The average Bonchev–Trinajstić information content (AvgIpc) is 2.49. The third-order valence-corrected chi connectivity index (χ3v) is 4.19. The van der Waals surface area contributed by atoms with Gasteiger partial charge in [0.25, 0.3) is 5.91 Å². The Balaban J connectivity index is 2.05. The van der Waals surface area contributed by atoms with Crippen molar-refractivity contribution in [2.24, 2.45) is 0 Å². The fraction of sp³-hybridized carbons (Fsp3) is 0. The van der Waals surface area contributed by atoms with Crippen LogP contribution >= 0.6 is 31.9 Å². The maximum atomic E-state index is 12.3. The zero-order valence-corrected chi connectivity index (χ0v) is 14.6. The van der Waals surface area contributed by atoms with Gasteiger partial charge in [0.2, 0.25) is 0 Å². The van der Waals surface area contributed by atoms with Crippen LogP contribution in [0.3, 0.4) is 0 Å². The summed E-state index contributed by atoms with van der Waals surface area (Å²) in [5.74, 6) is -1.14. The molecule has 7 heteroatoms. The number of amides is 1. The molecule has 1 aromatic heterocycles. The predicted octanol–water partition coefficient (Wildman–Crippen LogP) is 4.28. The highest BCUT2D eigenvalue weighted by atomic mass is 79.9. The maximum absolute atomic E-state index is 12.3. The van der Waals surface area contributed by atoms with Crippen LogP contribution in [-0.4, -0.2) is 11.0 Å². The zero-order valence-electron chi connectivity index (χ0n) is 11.5. The van der Waals surface area contributed by atoms with Crippen molar-refractivity contribution in [2.75, 3.05) is 5.32 Å². The summed E-state index contributed by atoms with van der Waals surface area (Å²) in [5, 5.41) is 13.1. The number of aromatic hydroxyl groups is 1.